The van der Waals surface area contributed by atoms with Gasteiger partial charge in [-0.3, -0.25) is 19.2 Å². The highest BCUT2D eigenvalue weighted by atomic mass is 16.2. The SMILES string of the molecule is CC(C)CC(=O)N(C)C(C)C.CC(C)CC(=O)NC(C)C.CC(C)CCC(=O)C(C)C.CC(C)CN(C)C(=O)C(C)C. The highest BCUT2D eigenvalue weighted by molar-refractivity contribution is 5.80. The summed E-state index contributed by atoms with van der Waals surface area (Å²) in [5.41, 5.74) is 0. The average molecular weight is 600 g/mol. The van der Waals surface area contributed by atoms with Gasteiger partial charge in [-0.15, -0.1) is 0 Å². The highest BCUT2D eigenvalue weighted by Crippen LogP contribution is 2.08. The summed E-state index contributed by atoms with van der Waals surface area (Å²) < 4.78 is 0. The van der Waals surface area contributed by atoms with Crippen molar-refractivity contribution < 1.29 is 19.2 Å². The second kappa shape index (κ2) is 26.7. The molecular formula is C35H73N3O4. The summed E-state index contributed by atoms with van der Waals surface area (Å²) >= 11 is 0. The Labute approximate surface area is 262 Å². The normalized spacial score (nSPS) is 10.8. The lowest BCUT2D eigenvalue weighted by atomic mass is 10.00. The summed E-state index contributed by atoms with van der Waals surface area (Å²) in [6.07, 6.45) is 3.10. The van der Waals surface area contributed by atoms with E-state index in [-0.39, 0.29) is 35.6 Å². The fraction of sp³-hybridized carbons (Fsp3) is 0.886. The molecule has 0 bridgehead atoms. The van der Waals surface area contributed by atoms with E-state index in [0.717, 1.165) is 19.4 Å². The summed E-state index contributed by atoms with van der Waals surface area (Å²) in [5, 5.41) is 2.84. The molecule has 7 nitrogen and oxygen atoms in total. The Hall–Kier alpha value is -1.92. The van der Waals surface area contributed by atoms with E-state index in [1.54, 1.807) is 9.80 Å². The molecule has 0 atom stereocenters. The molecule has 0 unspecified atom stereocenters. The van der Waals surface area contributed by atoms with Crippen molar-refractivity contribution in [2.24, 2.45) is 35.5 Å². The Kier molecular flexibility index (Phi) is 29.9. The molecule has 0 aromatic carbocycles. The second-order valence-corrected chi connectivity index (χ2v) is 14.3. The molecule has 1 N–H and O–H groups in total. The molecule has 0 aromatic heterocycles. The first-order valence-electron chi connectivity index (χ1n) is 16.3. The fourth-order valence-electron chi connectivity index (χ4n) is 3.33. The lowest BCUT2D eigenvalue weighted by Crippen LogP contribution is -2.33. The van der Waals surface area contributed by atoms with Crippen LogP contribution >= 0.6 is 0 Å². The molecule has 0 rings (SSSR count). The largest absolute Gasteiger partial charge is 0.354 e. The van der Waals surface area contributed by atoms with E-state index in [1.807, 2.05) is 83.3 Å². The van der Waals surface area contributed by atoms with Gasteiger partial charge >= 0.3 is 0 Å². The molecule has 0 aliphatic rings. The minimum Gasteiger partial charge on any atom is -0.354 e. The van der Waals surface area contributed by atoms with E-state index in [2.05, 4.69) is 46.9 Å². The topological polar surface area (TPSA) is 86.8 Å². The predicted molar refractivity (Wildman–Crippen MR) is 181 cm³/mol. The molecule has 252 valence electrons. The van der Waals surface area contributed by atoms with Crippen molar-refractivity contribution in [1.82, 2.24) is 15.1 Å². The lowest BCUT2D eigenvalue weighted by Gasteiger charge is -2.22. The van der Waals surface area contributed by atoms with Crippen molar-refractivity contribution in [2.75, 3.05) is 20.6 Å². The summed E-state index contributed by atoms with van der Waals surface area (Å²) in [5.74, 6) is 3.51. The van der Waals surface area contributed by atoms with Gasteiger partial charge in [0.15, 0.2) is 0 Å². The van der Waals surface area contributed by atoms with Crippen LogP contribution in [0.25, 0.3) is 0 Å². The number of amides is 3. The molecule has 0 heterocycles. The van der Waals surface area contributed by atoms with Gasteiger partial charge in [0.05, 0.1) is 0 Å². The van der Waals surface area contributed by atoms with Gasteiger partial charge in [0.1, 0.15) is 5.78 Å². The maximum Gasteiger partial charge on any atom is 0.224 e. The van der Waals surface area contributed by atoms with E-state index < -0.39 is 0 Å². The fourth-order valence-corrected chi connectivity index (χ4v) is 3.33. The Morgan fingerprint density at radius 1 is 0.595 bits per heavy atom. The maximum atomic E-state index is 11.3. The monoisotopic (exact) mass is 600 g/mol. The van der Waals surface area contributed by atoms with Crippen LogP contribution in [0.3, 0.4) is 0 Å². The van der Waals surface area contributed by atoms with Crippen LogP contribution in [0.4, 0.5) is 0 Å². The van der Waals surface area contributed by atoms with Crippen molar-refractivity contribution in [2.45, 2.75) is 149 Å². The average Bonchev–Trinajstić information content (AvgIpc) is 2.80. The van der Waals surface area contributed by atoms with Crippen LogP contribution in [-0.2, 0) is 19.2 Å². The zero-order chi connectivity index (χ0) is 34.3. The Morgan fingerprint density at radius 2 is 1.05 bits per heavy atom. The van der Waals surface area contributed by atoms with Crippen molar-refractivity contribution >= 4 is 23.5 Å². The maximum absolute atomic E-state index is 11.3. The molecule has 0 aromatic rings. The molecule has 7 heteroatoms. The molecule has 0 saturated heterocycles. The Balaban J connectivity index is -0.000000229. The van der Waals surface area contributed by atoms with Crippen LogP contribution in [0.2, 0.25) is 0 Å². The lowest BCUT2D eigenvalue weighted by molar-refractivity contribution is -0.133. The number of carbonyl (C=O) groups is 4. The van der Waals surface area contributed by atoms with E-state index in [9.17, 15) is 19.2 Å². The van der Waals surface area contributed by atoms with Gasteiger partial charge in [-0.05, 0) is 57.8 Å². The Bertz CT molecular complexity index is 699. The molecule has 0 fully saturated rings. The van der Waals surface area contributed by atoms with Crippen LogP contribution in [0.1, 0.15) is 136 Å². The minimum absolute atomic E-state index is 0.124. The van der Waals surface area contributed by atoms with Gasteiger partial charge in [0.2, 0.25) is 17.7 Å². The smallest absolute Gasteiger partial charge is 0.224 e. The third-order valence-electron chi connectivity index (χ3n) is 5.92. The van der Waals surface area contributed by atoms with Crippen molar-refractivity contribution in [3.63, 3.8) is 0 Å². The van der Waals surface area contributed by atoms with Gasteiger partial charge in [0.25, 0.3) is 0 Å². The van der Waals surface area contributed by atoms with Gasteiger partial charge in [-0.1, -0.05) is 83.1 Å². The first-order chi connectivity index (χ1) is 19.0. The summed E-state index contributed by atoms with van der Waals surface area (Å²) in [6, 6.07) is 0.590. The Morgan fingerprint density at radius 3 is 1.33 bits per heavy atom. The molecule has 3 amide bonds. The molecule has 0 aliphatic heterocycles. The number of hydrogen-bond donors (Lipinski definition) is 1. The van der Waals surface area contributed by atoms with Crippen molar-refractivity contribution in [3.05, 3.63) is 0 Å². The van der Waals surface area contributed by atoms with Crippen LogP contribution in [0.15, 0.2) is 0 Å². The first-order valence-corrected chi connectivity index (χ1v) is 16.3. The molecule has 0 aliphatic carbocycles. The first kappa shape index (κ1) is 47.0. The molecular weight excluding hydrogens is 526 g/mol. The zero-order valence-corrected chi connectivity index (χ0v) is 31.2. The number of nitrogens with one attached hydrogen (secondary N) is 1. The number of rotatable bonds is 13. The number of carbonyl (C=O) groups excluding carboxylic acids is 4. The van der Waals surface area contributed by atoms with E-state index in [1.165, 1.54) is 0 Å². The molecule has 0 radical (unpaired) electrons. The second-order valence-electron chi connectivity index (χ2n) is 14.3. The molecule has 42 heavy (non-hydrogen) atoms. The number of ketones is 1. The van der Waals surface area contributed by atoms with E-state index in [4.69, 9.17) is 0 Å². The van der Waals surface area contributed by atoms with Crippen LogP contribution in [-0.4, -0.2) is 66.0 Å². The van der Waals surface area contributed by atoms with Gasteiger partial charge in [0, 0.05) is 63.8 Å². The quantitative estimate of drug-likeness (QED) is 0.233. The minimum atomic E-state index is 0.124. The van der Waals surface area contributed by atoms with E-state index >= 15 is 0 Å². The summed E-state index contributed by atoms with van der Waals surface area (Å²) in [6.45, 7) is 33.4. The summed E-state index contributed by atoms with van der Waals surface area (Å²) in [7, 11) is 3.72. The number of hydrogen-bond acceptors (Lipinski definition) is 4. The van der Waals surface area contributed by atoms with Crippen LogP contribution < -0.4 is 5.32 Å². The van der Waals surface area contributed by atoms with E-state index in [0.29, 0.717) is 48.3 Å². The van der Waals surface area contributed by atoms with Crippen molar-refractivity contribution in [3.8, 4) is 0 Å². The molecule has 0 saturated carbocycles. The standard InChI is InChI=1S/2C9H19NO.C9H18O.C8H17NO/c1-7(2)6-10(5)9(11)8(3)4;1-7(2)6-9(11)10(5)8(3)4;1-7(2)5-6-9(10)8(3)4;1-6(2)5-8(10)9-7(3)4/h2*7-8H,6H2,1-5H3;7-8H,5-6H2,1-4H3;6-7H,5H2,1-4H3,(H,9,10). The third-order valence-corrected chi connectivity index (χ3v) is 5.92. The van der Waals surface area contributed by atoms with Gasteiger partial charge in [-0.2, -0.15) is 0 Å². The van der Waals surface area contributed by atoms with Crippen molar-refractivity contribution in [1.29, 1.82) is 0 Å². The predicted octanol–water partition coefficient (Wildman–Crippen LogP) is 7.86. The van der Waals surface area contributed by atoms with Crippen LogP contribution in [0.5, 0.6) is 0 Å². The number of Topliss-reactive ketones (excluding diaryl/α,β-unsaturated/α-hetero) is 1. The number of nitrogens with zero attached hydrogens (tertiary/aromatic N) is 2. The van der Waals surface area contributed by atoms with Gasteiger partial charge < -0.3 is 15.1 Å². The third kappa shape index (κ3) is 34.3. The highest BCUT2D eigenvalue weighted by Gasteiger charge is 2.13. The molecule has 0 spiro atoms. The summed E-state index contributed by atoms with van der Waals surface area (Å²) in [4.78, 5) is 48.2. The van der Waals surface area contributed by atoms with Gasteiger partial charge in [-0.25, -0.2) is 0 Å². The zero-order valence-electron chi connectivity index (χ0n) is 31.2. The van der Waals surface area contributed by atoms with Crippen LogP contribution in [0, 0.1) is 35.5 Å².